The summed E-state index contributed by atoms with van der Waals surface area (Å²) in [5.74, 6) is -0.563. The summed E-state index contributed by atoms with van der Waals surface area (Å²) >= 11 is 0. The highest BCUT2D eigenvalue weighted by Crippen LogP contribution is 2.34. The first-order valence-corrected chi connectivity index (χ1v) is 5.03. The lowest BCUT2D eigenvalue weighted by molar-refractivity contribution is -0.143. The van der Waals surface area contributed by atoms with Crippen LogP contribution < -0.4 is 11.5 Å². The zero-order valence-corrected chi connectivity index (χ0v) is 9.22. The van der Waals surface area contributed by atoms with Crippen molar-refractivity contribution in [3.05, 3.63) is 17.5 Å². The number of rotatable bonds is 4. The molecule has 0 saturated heterocycles. The lowest BCUT2D eigenvalue weighted by Gasteiger charge is -2.20. The zero-order valence-electron chi connectivity index (χ0n) is 9.22. The molecular weight excluding hydrogens is 253 g/mol. The molecule has 9 heteroatoms. The molecule has 0 aromatic carbocycles. The molecule has 6 nitrogen and oxygen atoms in total. The van der Waals surface area contributed by atoms with Crippen molar-refractivity contribution < 1.29 is 23.4 Å². The van der Waals surface area contributed by atoms with Crippen molar-refractivity contribution in [2.45, 2.75) is 24.8 Å². The highest BCUT2D eigenvalue weighted by atomic mass is 19.4. The molecule has 0 spiro atoms. The summed E-state index contributed by atoms with van der Waals surface area (Å²) in [4.78, 5) is 6.43. The summed E-state index contributed by atoms with van der Waals surface area (Å²) in [6, 6.07) is 0. The van der Waals surface area contributed by atoms with Crippen molar-refractivity contribution >= 4 is 5.95 Å². The van der Waals surface area contributed by atoms with Crippen molar-refractivity contribution in [1.29, 1.82) is 0 Å². The second-order valence-corrected chi connectivity index (χ2v) is 3.62. The fourth-order valence-corrected chi connectivity index (χ4v) is 1.38. The molecule has 102 valence electrons. The van der Waals surface area contributed by atoms with Crippen LogP contribution in [0.1, 0.15) is 23.8 Å². The standard InChI is InChI=1S/C9H13F3N4O2/c10-9(11,12)7-4(3-15-8(14)16-7)6(18)5(17)1-2-13/h3,5-6,17-18H,1-2,13H2,(H2,14,15,16). The molecule has 0 aliphatic heterocycles. The molecule has 1 rings (SSSR count). The minimum absolute atomic E-state index is 0.0232. The van der Waals surface area contributed by atoms with Crippen LogP contribution in [0.3, 0.4) is 0 Å². The van der Waals surface area contributed by atoms with Gasteiger partial charge >= 0.3 is 6.18 Å². The van der Waals surface area contributed by atoms with Gasteiger partial charge < -0.3 is 21.7 Å². The van der Waals surface area contributed by atoms with Crippen LogP contribution in [-0.2, 0) is 6.18 Å². The van der Waals surface area contributed by atoms with E-state index in [1.54, 1.807) is 0 Å². The number of aliphatic hydroxyl groups excluding tert-OH is 2. The van der Waals surface area contributed by atoms with Gasteiger partial charge in [-0.2, -0.15) is 13.2 Å². The molecule has 18 heavy (non-hydrogen) atoms. The Labute approximate surface area is 100 Å². The first-order valence-electron chi connectivity index (χ1n) is 5.03. The minimum Gasteiger partial charge on any atom is -0.390 e. The molecule has 2 unspecified atom stereocenters. The van der Waals surface area contributed by atoms with Crippen molar-refractivity contribution in [3.8, 4) is 0 Å². The molecule has 1 heterocycles. The van der Waals surface area contributed by atoms with Gasteiger partial charge in [0.2, 0.25) is 5.95 Å². The lowest BCUT2D eigenvalue weighted by Crippen LogP contribution is -2.25. The van der Waals surface area contributed by atoms with E-state index in [1.165, 1.54) is 0 Å². The van der Waals surface area contributed by atoms with Gasteiger partial charge in [-0.1, -0.05) is 0 Å². The zero-order chi connectivity index (χ0) is 13.9. The largest absolute Gasteiger partial charge is 0.433 e. The molecule has 0 amide bonds. The average Bonchev–Trinajstić information content (AvgIpc) is 2.27. The molecule has 0 radical (unpaired) electrons. The van der Waals surface area contributed by atoms with Crippen LogP contribution in [0.25, 0.3) is 0 Å². The van der Waals surface area contributed by atoms with Gasteiger partial charge in [0, 0.05) is 11.8 Å². The van der Waals surface area contributed by atoms with Crippen LogP contribution in [0.5, 0.6) is 0 Å². The Morgan fingerprint density at radius 2 is 1.94 bits per heavy atom. The second kappa shape index (κ2) is 5.46. The molecule has 0 saturated carbocycles. The van der Waals surface area contributed by atoms with Gasteiger partial charge in [0.1, 0.15) is 6.10 Å². The molecular formula is C9H13F3N4O2. The van der Waals surface area contributed by atoms with E-state index in [2.05, 4.69) is 9.97 Å². The first-order chi connectivity index (χ1) is 8.27. The Morgan fingerprint density at radius 1 is 1.33 bits per heavy atom. The number of alkyl halides is 3. The number of nitrogens with two attached hydrogens (primary N) is 2. The quantitative estimate of drug-likeness (QED) is 0.600. The van der Waals surface area contributed by atoms with Crippen LogP contribution in [0.2, 0.25) is 0 Å². The van der Waals surface area contributed by atoms with E-state index >= 15 is 0 Å². The highest BCUT2D eigenvalue weighted by Gasteiger charge is 2.38. The maximum Gasteiger partial charge on any atom is 0.433 e. The van der Waals surface area contributed by atoms with Crippen molar-refractivity contribution in [2.24, 2.45) is 5.73 Å². The number of anilines is 1. The van der Waals surface area contributed by atoms with Crippen molar-refractivity contribution in [2.75, 3.05) is 12.3 Å². The van der Waals surface area contributed by atoms with Gasteiger partial charge in [0.25, 0.3) is 0 Å². The Morgan fingerprint density at radius 3 is 2.44 bits per heavy atom. The van der Waals surface area contributed by atoms with Crippen LogP contribution in [0.15, 0.2) is 6.20 Å². The van der Waals surface area contributed by atoms with Gasteiger partial charge in [-0.15, -0.1) is 0 Å². The molecule has 0 bridgehead atoms. The molecule has 0 aliphatic carbocycles. The third-order valence-corrected chi connectivity index (χ3v) is 2.25. The van der Waals surface area contributed by atoms with Gasteiger partial charge in [0.15, 0.2) is 5.69 Å². The number of halogens is 3. The molecule has 2 atom stereocenters. The van der Waals surface area contributed by atoms with E-state index in [-0.39, 0.29) is 13.0 Å². The van der Waals surface area contributed by atoms with Gasteiger partial charge in [-0.25, -0.2) is 9.97 Å². The van der Waals surface area contributed by atoms with Crippen molar-refractivity contribution in [3.63, 3.8) is 0 Å². The Balaban J connectivity index is 3.15. The fraction of sp³-hybridized carbons (Fsp3) is 0.556. The number of aliphatic hydroxyl groups is 2. The Kier molecular flexibility index (Phi) is 4.43. The summed E-state index contributed by atoms with van der Waals surface area (Å²) < 4.78 is 38.0. The average molecular weight is 266 g/mol. The monoisotopic (exact) mass is 266 g/mol. The molecule has 1 aromatic heterocycles. The lowest BCUT2D eigenvalue weighted by atomic mass is 10.0. The van der Waals surface area contributed by atoms with E-state index in [0.29, 0.717) is 0 Å². The van der Waals surface area contributed by atoms with E-state index in [4.69, 9.17) is 11.5 Å². The summed E-state index contributed by atoms with van der Waals surface area (Å²) in [6.07, 6.45) is -7.30. The molecule has 0 aliphatic rings. The normalized spacial score (nSPS) is 15.4. The number of hydrogen-bond acceptors (Lipinski definition) is 6. The summed E-state index contributed by atoms with van der Waals surface area (Å²) in [7, 11) is 0. The molecule has 6 N–H and O–H groups in total. The van der Waals surface area contributed by atoms with E-state index < -0.39 is 35.6 Å². The van der Waals surface area contributed by atoms with Crippen LogP contribution >= 0.6 is 0 Å². The predicted molar refractivity (Wildman–Crippen MR) is 56.1 cm³/mol. The highest BCUT2D eigenvalue weighted by molar-refractivity contribution is 5.29. The maximum atomic E-state index is 12.7. The molecule has 0 fully saturated rings. The summed E-state index contributed by atoms with van der Waals surface area (Å²) in [5, 5.41) is 19.1. The Bertz CT molecular complexity index is 413. The number of nitrogens with zero attached hydrogens (tertiary/aromatic N) is 2. The van der Waals surface area contributed by atoms with Gasteiger partial charge in [-0.05, 0) is 13.0 Å². The summed E-state index contributed by atoms with van der Waals surface area (Å²) in [5.41, 5.74) is 8.23. The van der Waals surface area contributed by atoms with E-state index in [0.717, 1.165) is 6.20 Å². The van der Waals surface area contributed by atoms with E-state index in [1.807, 2.05) is 0 Å². The Hall–Kier alpha value is -1.45. The molecule has 1 aromatic rings. The van der Waals surface area contributed by atoms with Gasteiger partial charge in [0.05, 0.1) is 6.10 Å². The smallest absolute Gasteiger partial charge is 0.390 e. The van der Waals surface area contributed by atoms with Crippen molar-refractivity contribution in [1.82, 2.24) is 9.97 Å². The SMILES string of the molecule is NCCC(O)C(O)c1cnc(N)nc1C(F)(F)F. The first kappa shape index (κ1) is 14.6. The van der Waals surface area contributed by atoms with Crippen LogP contribution in [-0.4, -0.2) is 32.8 Å². The number of hydrogen-bond donors (Lipinski definition) is 4. The number of aromatic nitrogens is 2. The van der Waals surface area contributed by atoms with Crippen LogP contribution in [0, 0.1) is 0 Å². The number of nitrogen functional groups attached to an aromatic ring is 1. The minimum atomic E-state index is -4.80. The third-order valence-electron chi connectivity index (χ3n) is 2.25. The predicted octanol–water partition coefficient (Wildman–Crippen LogP) is -0.179. The van der Waals surface area contributed by atoms with Gasteiger partial charge in [-0.3, -0.25) is 0 Å². The topological polar surface area (TPSA) is 118 Å². The second-order valence-electron chi connectivity index (χ2n) is 3.62. The third kappa shape index (κ3) is 3.28. The van der Waals surface area contributed by atoms with E-state index in [9.17, 15) is 23.4 Å². The maximum absolute atomic E-state index is 12.7. The fourth-order valence-electron chi connectivity index (χ4n) is 1.38. The summed E-state index contributed by atoms with van der Waals surface area (Å²) in [6.45, 7) is 0.0232. The van der Waals surface area contributed by atoms with Crippen LogP contribution in [0.4, 0.5) is 19.1 Å².